The summed E-state index contributed by atoms with van der Waals surface area (Å²) >= 11 is 1.77. The second kappa shape index (κ2) is 7.43. The van der Waals surface area contributed by atoms with Crippen LogP contribution in [0.1, 0.15) is 25.3 Å². The van der Waals surface area contributed by atoms with E-state index < -0.39 is 0 Å². The summed E-state index contributed by atoms with van der Waals surface area (Å²) in [6, 6.07) is 0. The lowest BCUT2D eigenvalue weighted by Gasteiger charge is -2.31. The first-order valence-corrected chi connectivity index (χ1v) is 7.41. The van der Waals surface area contributed by atoms with Crippen LogP contribution in [0, 0.1) is 5.41 Å². The fourth-order valence-corrected chi connectivity index (χ4v) is 3.13. The van der Waals surface area contributed by atoms with Crippen LogP contribution in [-0.4, -0.2) is 42.6 Å². The molecule has 1 atom stereocenters. The Morgan fingerprint density at radius 3 is 2.94 bits per heavy atom. The van der Waals surface area contributed by atoms with Crippen molar-refractivity contribution in [3.63, 3.8) is 0 Å². The Morgan fingerprint density at radius 1 is 1.56 bits per heavy atom. The van der Waals surface area contributed by atoms with E-state index in [0.717, 1.165) is 19.5 Å². The zero-order valence-electron chi connectivity index (χ0n) is 11.3. The van der Waals surface area contributed by atoms with Gasteiger partial charge < -0.3 is 10.2 Å². The summed E-state index contributed by atoms with van der Waals surface area (Å²) in [6.45, 7) is 10.5. The monoisotopic (exact) mass is 289 g/mol. The molecule has 1 aliphatic heterocycles. The predicted molar refractivity (Wildman–Crippen MR) is 80.8 cm³/mol. The van der Waals surface area contributed by atoms with Gasteiger partial charge in [0.25, 0.3) is 0 Å². The van der Waals surface area contributed by atoms with Gasteiger partial charge in [0.05, 0.1) is 5.01 Å². The topological polar surface area (TPSA) is 28.2 Å². The van der Waals surface area contributed by atoms with Gasteiger partial charge in [-0.1, -0.05) is 13.8 Å². The molecule has 1 aromatic heterocycles. The van der Waals surface area contributed by atoms with Crippen molar-refractivity contribution in [2.75, 3.05) is 32.7 Å². The van der Waals surface area contributed by atoms with E-state index >= 15 is 0 Å². The third-order valence-electron chi connectivity index (χ3n) is 3.64. The van der Waals surface area contributed by atoms with Crippen molar-refractivity contribution in [1.29, 1.82) is 0 Å². The summed E-state index contributed by atoms with van der Waals surface area (Å²) < 4.78 is 0. The molecule has 1 unspecified atom stereocenters. The van der Waals surface area contributed by atoms with Crippen LogP contribution in [0.3, 0.4) is 0 Å². The molecule has 0 radical (unpaired) electrons. The molecule has 0 aromatic carbocycles. The van der Waals surface area contributed by atoms with E-state index in [1.165, 1.54) is 31.1 Å². The van der Waals surface area contributed by atoms with E-state index in [1.807, 2.05) is 6.20 Å². The highest BCUT2D eigenvalue weighted by Crippen LogP contribution is 2.25. The van der Waals surface area contributed by atoms with Gasteiger partial charge in [-0.2, -0.15) is 0 Å². The maximum Gasteiger partial charge on any atom is 0.0937 e. The van der Waals surface area contributed by atoms with Crippen LogP contribution in [0.5, 0.6) is 0 Å². The summed E-state index contributed by atoms with van der Waals surface area (Å²) in [5.74, 6) is 0. The molecule has 2 heterocycles. The summed E-state index contributed by atoms with van der Waals surface area (Å²) in [4.78, 5) is 6.92. The minimum Gasteiger partial charge on any atom is -0.316 e. The van der Waals surface area contributed by atoms with E-state index in [4.69, 9.17) is 0 Å². The number of aromatic nitrogens is 1. The van der Waals surface area contributed by atoms with Gasteiger partial charge in [0.1, 0.15) is 0 Å². The van der Waals surface area contributed by atoms with Gasteiger partial charge in [-0.25, -0.2) is 4.98 Å². The van der Waals surface area contributed by atoms with E-state index in [-0.39, 0.29) is 12.4 Å². The van der Waals surface area contributed by atoms with Crippen LogP contribution in [-0.2, 0) is 6.42 Å². The average molecular weight is 290 g/mol. The van der Waals surface area contributed by atoms with Crippen molar-refractivity contribution < 1.29 is 0 Å². The lowest BCUT2D eigenvalue weighted by Crippen LogP contribution is -2.38. The van der Waals surface area contributed by atoms with Gasteiger partial charge in [-0.3, -0.25) is 0 Å². The highest BCUT2D eigenvalue weighted by atomic mass is 35.5. The number of hydrogen-bond donors (Lipinski definition) is 1. The van der Waals surface area contributed by atoms with Crippen LogP contribution in [0.15, 0.2) is 11.6 Å². The molecule has 0 amide bonds. The molecule has 1 aliphatic rings. The number of nitrogens with one attached hydrogen (secondary N) is 1. The number of thiazole rings is 1. The van der Waals surface area contributed by atoms with Gasteiger partial charge in [0, 0.05) is 37.6 Å². The fraction of sp³-hybridized carbons (Fsp3) is 0.769. The Balaban J connectivity index is 0.00000162. The fourth-order valence-electron chi connectivity index (χ4n) is 2.52. The first-order chi connectivity index (χ1) is 8.22. The standard InChI is InChI=1S/C13H23N3S.ClH/c1-3-16(8-4-12-15-7-9-17-12)11-13(2)5-6-14-10-13;/h7,9,14H,3-6,8,10-11H2,1-2H3;1H. The van der Waals surface area contributed by atoms with Crippen molar-refractivity contribution in [2.24, 2.45) is 5.41 Å². The molecule has 1 aromatic rings. The molecule has 104 valence electrons. The Hall–Kier alpha value is -0.160. The third kappa shape index (κ3) is 4.50. The first-order valence-electron chi connectivity index (χ1n) is 6.53. The largest absolute Gasteiger partial charge is 0.316 e. The number of nitrogens with zero attached hydrogens (tertiary/aromatic N) is 2. The molecule has 3 nitrogen and oxygen atoms in total. The number of likely N-dealkylation sites (N-methyl/N-ethyl adjacent to an activating group) is 1. The van der Waals surface area contributed by atoms with Gasteiger partial charge in [-0.05, 0) is 24.9 Å². The molecule has 0 aliphatic carbocycles. The Morgan fingerprint density at radius 2 is 2.39 bits per heavy atom. The van der Waals surface area contributed by atoms with Crippen LogP contribution < -0.4 is 5.32 Å². The average Bonchev–Trinajstić information content (AvgIpc) is 2.96. The molecule has 1 fully saturated rings. The van der Waals surface area contributed by atoms with Gasteiger partial charge in [-0.15, -0.1) is 23.7 Å². The Labute approximate surface area is 120 Å². The Kier molecular flexibility index (Phi) is 6.57. The SMILES string of the molecule is CCN(CCc1nccs1)CC1(C)CCNC1.Cl. The molecular weight excluding hydrogens is 266 g/mol. The molecule has 1 saturated heterocycles. The third-order valence-corrected chi connectivity index (χ3v) is 4.47. The molecule has 18 heavy (non-hydrogen) atoms. The zero-order chi connectivity index (χ0) is 12.1. The molecule has 0 bridgehead atoms. The highest BCUT2D eigenvalue weighted by Gasteiger charge is 2.30. The maximum absolute atomic E-state index is 4.35. The molecule has 2 rings (SSSR count). The molecule has 0 saturated carbocycles. The second-order valence-electron chi connectivity index (χ2n) is 5.28. The summed E-state index contributed by atoms with van der Waals surface area (Å²) in [7, 11) is 0. The van der Waals surface area contributed by atoms with Crippen molar-refractivity contribution in [3.05, 3.63) is 16.6 Å². The summed E-state index contributed by atoms with van der Waals surface area (Å²) in [5, 5.41) is 6.80. The number of rotatable bonds is 6. The molecule has 1 N–H and O–H groups in total. The molecule has 0 spiro atoms. The van der Waals surface area contributed by atoms with E-state index in [0.29, 0.717) is 5.41 Å². The van der Waals surface area contributed by atoms with Crippen LogP contribution in [0.25, 0.3) is 0 Å². The number of halogens is 1. The van der Waals surface area contributed by atoms with Crippen LogP contribution >= 0.6 is 23.7 Å². The summed E-state index contributed by atoms with van der Waals surface area (Å²) in [6.07, 6.45) is 4.30. The lowest BCUT2D eigenvalue weighted by molar-refractivity contribution is 0.186. The highest BCUT2D eigenvalue weighted by molar-refractivity contribution is 7.09. The minimum absolute atomic E-state index is 0. The lowest BCUT2D eigenvalue weighted by atomic mass is 9.89. The second-order valence-corrected chi connectivity index (χ2v) is 6.26. The quantitative estimate of drug-likeness (QED) is 0.872. The first kappa shape index (κ1) is 15.9. The van der Waals surface area contributed by atoms with E-state index in [9.17, 15) is 0 Å². The van der Waals surface area contributed by atoms with E-state index in [2.05, 4.69) is 34.4 Å². The van der Waals surface area contributed by atoms with Crippen LogP contribution in [0.2, 0.25) is 0 Å². The molecule has 5 heteroatoms. The Bertz CT molecular complexity index is 323. The smallest absolute Gasteiger partial charge is 0.0937 e. The van der Waals surface area contributed by atoms with Crippen LogP contribution in [0.4, 0.5) is 0 Å². The van der Waals surface area contributed by atoms with Crippen molar-refractivity contribution in [3.8, 4) is 0 Å². The molecular formula is C13H24ClN3S. The van der Waals surface area contributed by atoms with Crippen molar-refractivity contribution in [2.45, 2.75) is 26.7 Å². The number of hydrogen-bond acceptors (Lipinski definition) is 4. The van der Waals surface area contributed by atoms with Gasteiger partial charge in [0.15, 0.2) is 0 Å². The van der Waals surface area contributed by atoms with Crippen molar-refractivity contribution >= 4 is 23.7 Å². The predicted octanol–water partition coefficient (Wildman–Crippen LogP) is 2.43. The van der Waals surface area contributed by atoms with Gasteiger partial charge in [0.2, 0.25) is 0 Å². The van der Waals surface area contributed by atoms with Crippen molar-refractivity contribution in [1.82, 2.24) is 15.2 Å². The van der Waals surface area contributed by atoms with Gasteiger partial charge >= 0.3 is 0 Å². The normalized spacial score (nSPS) is 23.3. The maximum atomic E-state index is 4.35. The summed E-state index contributed by atoms with van der Waals surface area (Å²) in [5.41, 5.74) is 0.471. The zero-order valence-corrected chi connectivity index (χ0v) is 12.9. The van der Waals surface area contributed by atoms with E-state index in [1.54, 1.807) is 11.3 Å². The minimum atomic E-state index is 0.